The van der Waals surface area contributed by atoms with E-state index in [1.54, 1.807) is 54.6 Å². The second kappa shape index (κ2) is 8.83. The highest BCUT2D eigenvalue weighted by Gasteiger charge is 2.05. The Morgan fingerprint density at radius 3 is 2.12 bits per heavy atom. The Balaban J connectivity index is 1.98. The molecule has 0 spiro atoms. The molecule has 0 aromatic heterocycles. The molecule has 0 saturated carbocycles. The number of benzene rings is 2. The Morgan fingerprint density at radius 1 is 0.960 bits per heavy atom. The van der Waals surface area contributed by atoms with Gasteiger partial charge in [-0.1, -0.05) is 32.1 Å². The molecule has 0 fully saturated rings. The van der Waals surface area contributed by atoms with Crippen molar-refractivity contribution in [2.24, 2.45) is 5.92 Å². The SMILES string of the molecule is COC(=O)c1ccc(/C=C/C(=O)c2ccc(OCC(C)C)cc2)cc1. The van der Waals surface area contributed by atoms with Crippen LogP contribution >= 0.6 is 0 Å². The predicted octanol–water partition coefficient (Wildman–Crippen LogP) is 4.40. The van der Waals surface area contributed by atoms with Crippen molar-refractivity contribution in [3.8, 4) is 5.75 Å². The highest BCUT2D eigenvalue weighted by Crippen LogP contribution is 2.15. The van der Waals surface area contributed by atoms with Gasteiger partial charge in [-0.2, -0.15) is 0 Å². The quantitative estimate of drug-likeness (QED) is 0.426. The molecule has 4 heteroatoms. The molecule has 0 radical (unpaired) electrons. The molecule has 130 valence electrons. The topological polar surface area (TPSA) is 52.6 Å². The Morgan fingerprint density at radius 2 is 1.56 bits per heavy atom. The van der Waals surface area contributed by atoms with Crippen LogP contribution in [-0.4, -0.2) is 25.5 Å². The van der Waals surface area contributed by atoms with Crippen molar-refractivity contribution in [1.29, 1.82) is 0 Å². The van der Waals surface area contributed by atoms with E-state index in [-0.39, 0.29) is 11.8 Å². The van der Waals surface area contributed by atoms with Crippen LogP contribution < -0.4 is 4.74 Å². The molecule has 0 amide bonds. The summed E-state index contributed by atoms with van der Waals surface area (Å²) < 4.78 is 10.3. The third kappa shape index (κ3) is 5.60. The van der Waals surface area contributed by atoms with Gasteiger partial charge in [-0.25, -0.2) is 4.79 Å². The molecule has 2 rings (SSSR count). The Kier molecular flexibility index (Phi) is 6.52. The van der Waals surface area contributed by atoms with Gasteiger partial charge < -0.3 is 9.47 Å². The molecule has 2 aromatic rings. The number of carbonyl (C=O) groups excluding carboxylic acids is 2. The van der Waals surface area contributed by atoms with Crippen molar-refractivity contribution >= 4 is 17.8 Å². The van der Waals surface area contributed by atoms with E-state index < -0.39 is 0 Å². The van der Waals surface area contributed by atoms with Gasteiger partial charge in [-0.15, -0.1) is 0 Å². The van der Waals surface area contributed by atoms with E-state index in [1.807, 2.05) is 0 Å². The van der Waals surface area contributed by atoms with Gasteiger partial charge in [0.1, 0.15) is 5.75 Å². The zero-order chi connectivity index (χ0) is 18.2. The van der Waals surface area contributed by atoms with Crippen molar-refractivity contribution in [1.82, 2.24) is 0 Å². The summed E-state index contributed by atoms with van der Waals surface area (Å²) in [5.74, 6) is 0.737. The maximum absolute atomic E-state index is 12.2. The van der Waals surface area contributed by atoms with Crippen LogP contribution in [0, 0.1) is 5.92 Å². The Hall–Kier alpha value is -2.88. The molecular formula is C21H22O4. The third-order valence-corrected chi connectivity index (χ3v) is 3.48. The van der Waals surface area contributed by atoms with E-state index in [0.717, 1.165) is 11.3 Å². The van der Waals surface area contributed by atoms with Crippen molar-refractivity contribution < 1.29 is 19.1 Å². The first-order valence-electron chi connectivity index (χ1n) is 8.13. The number of esters is 1. The lowest BCUT2D eigenvalue weighted by molar-refractivity contribution is 0.0600. The van der Waals surface area contributed by atoms with E-state index in [0.29, 0.717) is 23.7 Å². The summed E-state index contributed by atoms with van der Waals surface area (Å²) in [5, 5.41) is 0. The number of methoxy groups -OCH3 is 1. The van der Waals surface area contributed by atoms with Crippen LogP contribution in [0.15, 0.2) is 54.6 Å². The molecule has 0 atom stereocenters. The van der Waals surface area contributed by atoms with Gasteiger partial charge in [0.25, 0.3) is 0 Å². The number of carbonyl (C=O) groups is 2. The number of ether oxygens (including phenoxy) is 2. The van der Waals surface area contributed by atoms with Crippen LogP contribution in [0.3, 0.4) is 0 Å². The molecule has 4 nitrogen and oxygen atoms in total. The normalized spacial score (nSPS) is 10.9. The summed E-state index contributed by atoms with van der Waals surface area (Å²) in [6.45, 7) is 4.82. The second-order valence-electron chi connectivity index (χ2n) is 6.04. The van der Waals surface area contributed by atoms with E-state index >= 15 is 0 Å². The molecule has 25 heavy (non-hydrogen) atoms. The summed E-state index contributed by atoms with van der Waals surface area (Å²) in [6.07, 6.45) is 3.23. The summed E-state index contributed by atoms with van der Waals surface area (Å²) in [5.41, 5.74) is 1.90. The van der Waals surface area contributed by atoms with E-state index in [2.05, 4.69) is 18.6 Å². The highest BCUT2D eigenvalue weighted by atomic mass is 16.5. The van der Waals surface area contributed by atoms with Gasteiger partial charge in [0, 0.05) is 5.56 Å². The molecule has 0 aliphatic carbocycles. The average molecular weight is 338 g/mol. The minimum Gasteiger partial charge on any atom is -0.493 e. The number of ketones is 1. The van der Waals surface area contributed by atoms with Crippen molar-refractivity contribution in [3.63, 3.8) is 0 Å². The van der Waals surface area contributed by atoms with Crippen LogP contribution in [0.2, 0.25) is 0 Å². The summed E-state index contributed by atoms with van der Waals surface area (Å²) in [7, 11) is 1.34. The average Bonchev–Trinajstić information content (AvgIpc) is 2.64. The van der Waals surface area contributed by atoms with Crippen LogP contribution in [0.5, 0.6) is 5.75 Å². The predicted molar refractivity (Wildman–Crippen MR) is 97.9 cm³/mol. The van der Waals surface area contributed by atoms with Crippen LogP contribution in [0.1, 0.15) is 40.1 Å². The largest absolute Gasteiger partial charge is 0.493 e. The first kappa shape index (κ1) is 18.5. The number of hydrogen-bond acceptors (Lipinski definition) is 4. The minimum absolute atomic E-state index is 0.0903. The lowest BCUT2D eigenvalue weighted by atomic mass is 10.1. The van der Waals surface area contributed by atoms with Gasteiger partial charge in [-0.3, -0.25) is 4.79 Å². The maximum Gasteiger partial charge on any atom is 0.337 e. The van der Waals surface area contributed by atoms with Crippen LogP contribution in [0.4, 0.5) is 0 Å². The highest BCUT2D eigenvalue weighted by molar-refractivity contribution is 6.06. The Bertz CT molecular complexity index is 740. The molecule has 0 bridgehead atoms. The summed E-state index contributed by atoms with van der Waals surface area (Å²) >= 11 is 0. The van der Waals surface area contributed by atoms with Gasteiger partial charge in [0.2, 0.25) is 0 Å². The van der Waals surface area contributed by atoms with E-state index in [1.165, 1.54) is 13.2 Å². The molecule has 0 saturated heterocycles. The smallest absolute Gasteiger partial charge is 0.337 e. The maximum atomic E-state index is 12.2. The van der Waals surface area contributed by atoms with Crippen LogP contribution in [0.25, 0.3) is 6.08 Å². The van der Waals surface area contributed by atoms with Crippen molar-refractivity contribution in [3.05, 3.63) is 71.3 Å². The lowest BCUT2D eigenvalue weighted by Gasteiger charge is -2.08. The lowest BCUT2D eigenvalue weighted by Crippen LogP contribution is -2.04. The Labute approximate surface area is 148 Å². The number of hydrogen-bond donors (Lipinski definition) is 0. The number of rotatable bonds is 7. The monoisotopic (exact) mass is 338 g/mol. The van der Waals surface area contributed by atoms with Crippen molar-refractivity contribution in [2.45, 2.75) is 13.8 Å². The molecule has 0 N–H and O–H groups in total. The summed E-state index contributed by atoms with van der Waals surface area (Å²) in [4.78, 5) is 23.6. The molecule has 0 aliphatic heterocycles. The summed E-state index contributed by atoms with van der Waals surface area (Å²) in [6, 6.07) is 14.0. The molecule has 0 unspecified atom stereocenters. The molecule has 2 aromatic carbocycles. The van der Waals surface area contributed by atoms with Gasteiger partial charge >= 0.3 is 5.97 Å². The fourth-order valence-electron chi connectivity index (χ4n) is 2.09. The molecule has 0 aliphatic rings. The standard InChI is InChI=1S/C21H22O4/c1-15(2)14-25-19-11-9-17(10-12-19)20(22)13-6-16-4-7-18(8-5-16)21(23)24-3/h4-13,15H,14H2,1-3H3/b13-6+. The zero-order valence-corrected chi connectivity index (χ0v) is 14.7. The zero-order valence-electron chi connectivity index (χ0n) is 14.7. The fraction of sp³-hybridized carbons (Fsp3) is 0.238. The molecular weight excluding hydrogens is 316 g/mol. The van der Waals surface area contributed by atoms with Gasteiger partial charge in [-0.05, 0) is 54.0 Å². The first-order valence-corrected chi connectivity index (χ1v) is 8.13. The fourth-order valence-corrected chi connectivity index (χ4v) is 2.09. The van der Waals surface area contributed by atoms with Crippen molar-refractivity contribution in [2.75, 3.05) is 13.7 Å². The van der Waals surface area contributed by atoms with Gasteiger partial charge in [0.05, 0.1) is 19.3 Å². The van der Waals surface area contributed by atoms with Gasteiger partial charge in [0.15, 0.2) is 5.78 Å². The second-order valence-corrected chi connectivity index (χ2v) is 6.04. The number of allylic oxidation sites excluding steroid dienone is 1. The molecule has 0 heterocycles. The minimum atomic E-state index is -0.383. The van der Waals surface area contributed by atoms with Crippen LogP contribution in [-0.2, 0) is 4.74 Å². The third-order valence-electron chi connectivity index (χ3n) is 3.48. The first-order chi connectivity index (χ1) is 12.0. The van der Waals surface area contributed by atoms with E-state index in [9.17, 15) is 9.59 Å². The van der Waals surface area contributed by atoms with E-state index in [4.69, 9.17) is 4.74 Å².